The van der Waals surface area contributed by atoms with Gasteiger partial charge in [-0.1, -0.05) is 24.3 Å². The standard InChI is InChI=1S/C21H26FNO4S/c1-16-4-2-7-21(10-16)27-14-20(24)13-23(19-8-9-28(25,26)15-19)12-17-5-3-6-18(22)11-17/h2-7,10-11,19-20,24H,8-9,12-15H2,1H3. The van der Waals surface area contributed by atoms with Gasteiger partial charge in [-0.3, -0.25) is 4.90 Å². The summed E-state index contributed by atoms with van der Waals surface area (Å²) in [6.07, 6.45) is -0.277. The third kappa shape index (κ3) is 6.02. The van der Waals surface area contributed by atoms with Gasteiger partial charge in [0.05, 0.1) is 11.5 Å². The molecule has 1 N–H and O–H groups in total. The number of hydrogen-bond donors (Lipinski definition) is 1. The predicted octanol–water partition coefficient (Wildman–Crippen LogP) is 2.56. The van der Waals surface area contributed by atoms with E-state index in [0.29, 0.717) is 18.7 Å². The maximum atomic E-state index is 13.5. The highest BCUT2D eigenvalue weighted by atomic mass is 32.2. The summed E-state index contributed by atoms with van der Waals surface area (Å²) in [6.45, 7) is 2.69. The maximum absolute atomic E-state index is 13.5. The van der Waals surface area contributed by atoms with Gasteiger partial charge in [0.25, 0.3) is 0 Å². The lowest BCUT2D eigenvalue weighted by Gasteiger charge is -2.30. The van der Waals surface area contributed by atoms with Crippen molar-refractivity contribution in [2.24, 2.45) is 0 Å². The van der Waals surface area contributed by atoms with Crippen LogP contribution >= 0.6 is 0 Å². The molecule has 1 heterocycles. The summed E-state index contributed by atoms with van der Waals surface area (Å²) in [7, 11) is -3.07. The van der Waals surface area contributed by atoms with E-state index >= 15 is 0 Å². The van der Waals surface area contributed by atoms with Crippen LogP contribution in [0, 0.1) is 12.7 Å². The lowest BCUT2D eigenvalue weighted by atomic mass is 10.1. The second-order valence-electron chi connectivity index (χ2n) is 7.40. The second-order valence-corrected chi connectivity index (χ2v) is 9.63. The lowest BCUT2D eigenvalue weighted by Crippen LogP contribution is -2.42. The van der Waals surface area contributed by atoms with Gasteiger partial charge in [0.2, 0.25) is 0 Å². The van der Waals surface area contributed by atoms with Crippen LogP contribution in [0.5, 0.6) is 5.75 Å². The van der Waals surface area contributed by atoms with Crippen LogP contribution in [0.1, 0.15) is 17.5 Å². The Balaban J connectivity index is 1.65. The molecule has 2 atom stereocenters. The van der Waals surface area contributed by atoms with Crippen molar-refractivity contribution in [3.8, 4) is 5.75 Å². The highest BCUT2D eigenvalue weighted by Gasteiger charge is 2.33. The highest BCUT2D eigenvalue weighted by Crippen LogP contribution is 2.21. The fraction of sp³-hybridized carbons (Fsp3) is 0.429. The van der Waals surface area contributed by atoms with E-state index in [9.17, 15) is 17.9 Å². The molecule has 1 fully saturated rings. The van der Waals surface area contributed by atoms with E-state index in [2.05, 4.69) is 0 Å². The van der Waals surface area contributed by atoms with Crippen LogP contribution in [0.2, 0.25) is 0 Å². The predicted molar refractivity (Wildman–Crippen MR) is 107 cm³/mol. The Bertz CT molecular complexity index is 903. The molecular formula is C21H26FNO4S. The van der Waals surface area contributed by atoms with Crippen molar-refractivity contribution in [1.29, 1.82) is 0 Å². The van der Waals surface area contributed by atoms with Crippen LogP contribution in [-0.4, -0.2) is 55.2 Å². The molecule has 0 bridgehead atoms. The number of rotatable bonds is 8. The first kappa shape index (κ1) is 20.8. The zero-order valence-electron chi connectivity index (χ0n) is 15.9. The first-order chi connectivity index (χ1) is 13.3. The molecule has 0 saturated carbocycles. The minimum Gasteiger partial charge on any atom is -0.491 e. The highest BCUT2D eigenvalue weighted by molar-refractivity contribution is 7.91. The molecule has 0 spiro atoms. The van der Waals surface area contributed by atoms with Gasteiger partial charge in [-0.2, -0.15) is 0 Å². The smallest absolute Gasteiger partial charge is 0.151 e. The van der Waals surface area contributed by atoms with Crippen molar-refractivity contribution < 1.29 is 22.7 Å². The fourth-order valence-corrected chi connectivity index (χ4v) is 5.26. The molecule has 5 nitrogen and oxygen atoms in total. The molecule has 0 amide bonds. The summed E-state index contributed by atoms with van der Waals surface area (Å²) in [5.74, 6) is 0.556. The molecule has 0 radical (unpaired) electrons. The minimum absolute atomic E-state index is 0.0633. The number of aliphatic hydroxyl groups is 1. The molecule has 2 aromatic rings. The summed E-state index contributed by atoms with van der Waals surface area (Å²) in [6, 6.07) is 13.6. The van der Waals surface area contributed by atoms with E-state index in [1.807, 2.05) is 36.1 Å². The van der Waals surface area contributed by atoms with E-state index in [1.54, 1.807) is 12.1 Å². The van der Waals surface area contributed by atoms with Crippen LogP contribution < -0.4 is 4.74 Å². The second kappa shape index (κ2) is 9.03. The summed E-state index contributed by atoms with van der Waals surface area (Å²) in [5.41, 5.74) is 1.81. The molecule has 1 aliphatic heterocycles. The Hall–Kier alpha value is -1.96. The van der Waals surface area contributed by atoms with Crippen molar-refractivity contribution in [3.63, 3.8) is 0 Å². The van der Waals surface area contributed by atoms with Gasteiger partial charge in [-0.05, 0) is 48.7 Å². The Labute approximate surface area is 165 Å². The van der Waals surface area contributed by atoms with Gasteiger partial charge in [0, 0.05) is 19.1 Å². The van der Waals surface area contributed by atoms with E-state index < -0.39 is 15.9 Å². The van der Waals surface area contributed by atoms with Crippen molar-refractivity contribution >= 4 is 9.84 Å². The van der Waals surface area contributed by atoms with Gasteiger partial charge in [0.1, 0.15) is 24.3 Å². The topological polar surface area (TPSA) is 66.8 Å². The van der Waals surface area contributed by atoms with Crippen molar-refractivity contribution in [2.45, 2.75) is 32.0 Å². The first-order valence-electron chi connectivity index (χ1n) is 9.37. The SMILES string of the molecule is Cc1cccc(OCC(O)CN(Cc2cccc(F)c2)C2CCS(=O)(=O)C2)c1. The largest absolute Gasteiger partial charge is 0.491 e. The number of halogens is 1. The van der Waals surface area contributed by atoms with Gasteiger partial charge in [-0.15, -0.1) is 0 Å². The molecule has 28 heavy (non-hydrogen) atoms. The van der Waals surface area contributed by atoms with Crippen molar-refractivity contribution in [2.75, 3.05) is 24.7 Å². The van der Waals surface area contributed by atoms with E-state index in [4.69, 9.17) is 4.74 Å². The van der Waals surface area contributed by atoms with Crippen LogP contribution in [0.15, 0.2) is 48.5 Å². The number of aryl methyl sites for hydroxylation is 1. The molecule has 1 saturated heterocycles. The summed E-state index contributed by atoms with van der Waals surface area (Å²) < 4.78 is 43.0. The number of ether oxygens (including phenoxy) is 1. The first-order valence-corrected chi connectivity index (χ1v) is 11.2. The molecule has 3 rings (SSSR count). The Morgan fingerprint density at radius 3 is 2.71 bits per heavy atom. The third-order valence-electron chi connectivity index (χ3n) is 4.88. The van der Waals surface area contributed by atoms with Gasteiger partial charge < -0.3 is 9.84 Å². The molecule has 2 aromatic carbocycles. The average Bonchev–Trinajstić information content (AvgIpc) is 2.99. The van der Waals surface area contributed by atoms with Gasteiger partial charge in [0.15, 0.2) is 9.84 Å². The monoisotopic (exact) mass is 407 g/mol. The van der Waals surface area contributed by atoms with Crippen LogP contribution in [0.3, 0.4) is 0 Å². The zero-order valence-corrected chi connectivity index (χ0v) is 16.7. The fourth-order valence-electron chi connectivity index (χ4n) is 3.50. The molecule has 1 aliphatic rings. The molecule has 0 aromatic heterocycles. The lowest BCUT2D eigenvalue weighted by molar-refractivity contribution is 0.0524. The Kier molecular flexibility index (Phi) is 6.69. The number of sulfone groups is 1. The van der Waals surface area contributed by atoms with Crippen LogP contribution in [-0.2, 0) is 16.4 Å². The van der Waals surface area contributed by atoms with Crippen LogP contribution in [0.4, 0.5) is 4.39 Å². The number of benzene rings is 2. The summed E-state index contributed by atoms with van der Waals surface area (Å²) >= 11 is 0. The van der Waals surface area contributed by atoms with Crippen LogP contribution in [0.25, 0.3) is 0 Å². The summed E-state index contributed by atoms with van der Waals surface area (Å²) in [4.78, 5) is 1.92. The Morgan fingerprint density at radius 1 is 1.25 bits per heavy atom. The van der Waals surface area contributed by atoms with E-state index in [-0.39, 0.29) is 36.5 Å². The number of aliphatic hydroxyl groups excluding tert-OH is 1. The molecule has 7 heteroatoms. The third-order valence-corrected chi connectivity index (χ3v) is 6.63. The molecule has 0 aliphatic carbocycles. The van der Waals surface area contributed by atoms with Gasteiger partial charge >= 0.3 is 0 Å². The average molecular weight is 408 g/mol. The number of nitrogens with zero attached hydrogens (tertiary/aromatic N) is 1. The van der Waals surface area contributed by atoms with Gasteiger partial charge in [-0.25, -0.2) is 12.8 Å². The normalized spacial score (nSPS) is 19.6. The minimum atomic E-state index is -3.07. The summed E-state index contributed by atoms with van der Waals surface area (Å²) in [5, 5.41) is 10.5. The zero-order chi connectivity index (χ0) is 20.1. The van der Waals surface area contributed by atoms with Crippen molar-refractivity contribution in [1.82, 2.24) is 4.90 Å². The number of hydrogen-bond acceptors (Lipinski definition) is 5. The molecule has 2 unspecified atom stereocenters. The molecular weight excluding hydrogens is 381 g/mol. The molecule has 152 valence electrons. The van der Waals surface area contributed by atoms with Crippen molar-refractivity contribution in [3.05, 3.63) is 65.5 Å². The van der Waals surface area contributed by atoms with E-state index in [0.717, 1.165) is 11.1 Å². The Morgan fingerprint density at radius 2 is 2.04 bits per heavy atom. The van der Waals surface area contributed by atoms with E-state index in [1.165, 1.54) is 12.1 Å². The maximum Gasteiger partial charge on any atom is 0.151 e. The quantitative estimate of drug-likeness (QED) is 0.729.